The van der Waals surface area contributed by atoms with Gasteiger partial charge in [0.05, 0.1) is 12.2 Å². The lowest BCUT2D eigenvalue weighted by Gasteiger charge is -2.05. The summed E-state index contributed by atoms with van der Waals surface area (Å²) in [6.45, 7) is 3.72. The van der Waals surface area contributed by atoms with Gasteiger partial charge in [-0.1, -0.05) is 0 Å². The highest BCUT2D eigenvalue weighted by atomic mass is 16.5. The van der Waals surface area contributed by atoms with Crippen molar-refractivity contribution < 1.29 is 18.7 Å². The highest BCUT2D eigenvalue weighted by molar-refractivity contribution is 6.02. The Morgan fingerprint density at radius 2 is 2.00 bits per heavy atom. The molecule has 0 aliphatic rings. The van der Waals surface area contributed by atoms with Crippen LogP contribution in [-0.4, -0.2) is 23.5 Å². The summed E-state index contributed by atoms with van der Waals surface area (Å²) in [7, 11) is 0. The van der Waals surface area contributed by atoms with Gasteiger partial charge in [0.1, 0.15) is 6.26 Å². The maximum Gasteiger partial charge on any atom is 0.338 e. The zero-order chi connectivity index (χ0) is 14.5. The van der Waals surface area contributed by atoms with Crippen LogP contribution in [0.25, 0.3) is 0 Å². The molecule has 0 bridgehead atoms. The molecule has 2 aromatic rings. The van der Waals surface area contributed by atoms with E-state index in [1.807, 2.05) is 0 Å². The number of oxazole rings is 1. The van der Waals surface area contributed by atoms with E-state index in [1.165, 1.54) is 6.26 Å². The largest absolute Gasteiger partial charge is 0.462 e. The van der Waals surface area contributed by atoms with Crippen LogP contribution < -0.4 is 5.32 Å². The molecule has 0 unspecified atom stereocenters. The van der Waals surface area contributed by atoms with Crippen LogP contribution in [0.1, 0.15) is 33.7 Å². The summed E-state index contributed by atoms with van der Waals surface area (Å²) in [6.07, 6.45) is 1.29. The quantitative estimate of drug-likeness (QED) is 0.866. The number of carbonyl (C=O) groups excluding carboxylic acids is 2. The van der Waals surface area contributed by atoms with Crippen LogP contribution in [0, 0.1) is 6.92 Å². The maximum atomic E-state index is 11.8. The van der Waals surface area contributed by atoms with Gasteiger partial charge in [-0.3, -0.25) is 4.79 Å². The van der Waals surface area contributed by atoms with E-state index in [0.29, 0.717) is 23.7 Å². The summed E-state index contributed by atoms with van der Waals surface area (Å²) >= 11 is 0. The van der Waals surface area contributed by atoms with Crippen molar-refractivity contribution in [2.45, 2.75) is 13.8 Å². The lowest BCUT2D eigenvalue weighted by molar-refractivity contribution is 0.0526. The second kappa shape index (κ2) is 6.01. The van der Waals surface area contributed by atoms with Crippen LogP contribution in [0.15, 0.2) is 34.9 Å². The number of esters is 1. The molecule has 1 heterocycles. The average Bonchev–Trinajstić information content (AvgIpc) is 2.86. The highest BCUT2D eigenvalue weighted by Crippen LogP contribution is 2.12. The van der Waals surface area contributed by atoms with Crippen molar-refractivity contribution in [3.63, 3.8) is 0 Å². The molecule has 1 N–H and O–H groups in total. The van der Waals surface area contributed by atoms with Crippen molar-refractivity contribution >= 4 is 17.6 Å². The molecule has 0 saturated heterocycles. The number of amides is 1. The third kappa shape index (κ3) is 3.23. The van der Waals surface area contributed by atoms with Crippen molar-refractivity contribution in [2.75, 3.05) is 11.9 Å². The molecular weight excluding hydrogens is 260 g/mol. The molecular formula is C14H14N2O4. The third-order valence-electron chi connectivity index (χ3n) is 2.51. The van der Waals surface area contributed by atoms with Gasteiger partial charge in [-0.15, -0.1) is 0 Å². The SMILES string of the molecule is CCOC(=O)c1ccc(NC(=O)c2coc(C)n2)cc1. The molecule has 0 fully saturated rings. The molecule has 6 nitrogen and oxygen atoms in total. The van der Waals surface area contributed by atoms with E-state index in [2.05, 4.69) is 10.3 Å². The van der Waals surface area contributed by atoms with Crippen LogP contribution in [-0.2, 0) is 4.74 Å². The summed E-state index contributed by atoms with van der Waals surface area (Å²) in [5.74, 6) is -0.337. The van der Waals surface area contributed by atoms with Crippen LogP contribution in [0.3, 0.4) is 0 Å². The average molecular weight is 274 g/mol. The number of hydrogen-bond donors (Lipinski definition) is 1. The van der Waals surface area contributed by atoms with Gasteiger partial charge in [0, 0.05) is 12.6 Å². The summed E-state index contributed by atoms with van der Waals surface area (Å²) in [5.41, 5.74) is 1.20. The lowest BCUT2D eigenvalue weighted by Crippen LogP contribution is -2.12. The summed E-state index contributed by atoms with van der Waals surface area (Å²) in [6, 6.07) is 6.41. The van der Waals surface area contributed by atoms with E-state index in [1.54, 1.807) is 38.1 Å². The number of nitrogens with zero attached hydrogens (tertiary/aromatic N) is 1. The van der Waals surface area contributed by atoms with Gasteiger partial charge in [0.2, 0.25) is 0 Å². The second-order valence-electron chi connectivity index (χ2n) is 4.00. The molecule has 0 atom stereocenters. The molecule has 0 spiro atoms. The molecule has 1 amide bonds. The predicted molar refractivity (Wildman–Crippen MR) is 71.6 cm³/mol. The Kier molecular flexibility index (Phi) is 4.14. The number of aryl methyl sites for hydroxylation is 1. The minimum atomic E-state index is -0.391. The van der Waals surface area contributed by atoms with Crippen LogP contribution in [0.4, 0.5) is 5.69 Å². The van der Waals surface area contributed by atoms with E-state index in [9.17, 15) is 9.59 Å². The Hall–Kier alpha value is -2.63. The van der Waals surface area contributed by atoms with Gasteiger partial charge in [-0.2, -0.15) is 0 Å². The van der Waals surface area contributed by atoms with Gasteiger partial charge in [0.15, 0.2) is 11.6 Å². The van der Waals surface area contributed by atoms with Crippen molar-refractivity contribution in [2.24, 2.45) is 0 Å². The summed E-state index contributed by atoms with van der Waals surface area (Å²) in [5, 5.41) is 2.66. The lowest BCUT2D eigenvalue weighted by atomic mass is 10.2. The highest BCUT2D eigenvalue weighted by Gasteiger charge is 2.11. The number of aromatic nitrogens is 1. The van der Waals surface area contributed by atoms with E-state index < -0.39 is 5.97 Å². The first-order valence-corrected chi connectivity index (χ1v) is 6.11. The molecule has 1 aromatic carbocycles. The van der Waals surface area contributed by atoms with Crippen molar-refractivity contribution in [1.29, 1.82) is 0 Å². The second-order valence-corrected chi connectivity index (χ2v) is 4.00. The minimum Gasteiger partial charge on any atom is -0.462 e. The van der Waals surface area contributed by atoms with E-state index in [-0.39, 0.29) is 11.6 Å². The molecule has 1 aromatic heterocycles. The number of rotatable bonds is 4. The topological polar surface area (TPSA) is 81.4 Å². The number of carbonyl (C=O) groups is 2. The maximum absolute atomic E-state index is 11.8. The molecule has 2 rings (SSSR count). The smallest absolute Gasteiger partial charge is 0.338 e. The van der Waals surface area contributed by atoms with Crippen LogP contribution in [0.2, 0.25) is 0 Å². The molecule has 0 saturated carbocycles. The Morgan fingerprint density at radius 3 is 2.55 bits per heavy atom. The Bertz CT molecular complexity index is 616. The van der Waals surface area contributed by atoms with E-state index >= 15 is 0 Å². The fourth-order valence-corrected chi connectivity index (χ4v) is 1.57. The first-order valence-electron chi connectivity index (χ1n) is 6.11. The molecule has 0 aliphatic heterocycles. The Balaban J connectivity index is 2.04. The standard InChI is InChI=1S/C14H14N2O4/c1-3-19-14(18)10-4-6-11(7-5-10)16-13(17)12-8-20-9(2)15-12/h4-8H,3H2,1-2H3,(H,16,17). The normalized spacial score (nSPS) is 10.1. The summed E-state index contributed by atoms with van der Waals surface area (Å²) < 4.78 is 9.84. The fourth-order valence-electron chi connectivity index (χ4n) is 1.57. The first-order chi connectivity index (χ1) is 9.60. The van der Waals surface area contributed by atoms with Gasteiger partial charge in [-0.05, 0) is 31.2 Å². The predicted octanol–water partition coefficient (Wildman–Crippen LogP) is 2.41. The van der Waals surface area contributed by atoms with Gasteiger partial charge in [-0.25, -0.2) is 9.78 Å². The minimum absolute atomic E-state index is 0.206. The number of benzene rings is 1. The van der Waals surface area contributed by atoms with Gasteiger partial charge >= 0.3 is 5.97 Å². The number of hydrogen-bond acceptors (Lipinski definition) is 5. The Labute approximate surface area is 115 Å². The zero-order valence-corrected chi connectivity index (χ0v) is 11.2. The summed E-state index contributed by atoms with van der Waals surface area (Å²) in [4.78, 5) is 27.2. The molecule has 104 valence electrons. The zero-order valence-electron chi connectivity index (χ0n) is 11.2. The third-order valence-corrected chi connectivity index (χ3v) is 2.51. The number of ether oxygens (including phenoxy) is 1. The van der Waals surface area contributed by atoms with E-state index in [4.69, 9.17) is 9.15 Å². The van der Waals surface area contributed by atoms with Crippen molar-refractivity contribution in [3.8, 4) is 0 Å². The molecule has 0 aliphatic carbocycles. The van der Waals surface area contributed by atoms with Crippen LogP contribution >= 0.6 is 0 Å². The molecule has 6 heteroatoms. The first kappa shape index (κ1) is 13.8. The van der Waals surface area contributed by atoms with E-state index in [0.717, 1.165) is 0 Å². The van der Waals surface area contributed by atoms with Crippen molar-refractivity contribution in [1.82, 2.24) is 4.98 Å². The number of anilines is 1. The van der Waals surface area contributed by atoms with Gasteiger partial charge in [0.25, 0.3) is 5.91 Å². The monoisotopic (exact) mass is 274 g/mol. The molecule has 20 heavy (non-hydrogen) atoms. The Morgan fingerprint density at radius 1 is 1.30 bits per heavy atom. The van der Waals surface area contributed by atoms with Crippen molar-refractivity contribution in [3.05, 3.63) is 47.7 Å². The van der Waals surface area contributed by atoms with Crippen LogP contribution in [0.5, 0.6) is 0 Å². The number of nitrogens with one attached hydrogen (secondary N) is 1. The van der Waals surface area contributed by atoms with Gasteiger partial charge < -0.3 is 14.5 Å². The molecule has 0 radical (unpaired) electrons. The fraction of sp³-hybridized carbons (Fsp3) is 0.214.